The van der Waals surface area contributed by atoms with Crippen molar-refractivity contribution >= 4 is 5.57 Å². The predicted octanol–water partition coefficient (Wildman–Crippen LogP) is 6.66. The molecule has 0 aliphatic heterocycles. The standard InChI is InChI=1S/C26H31FN2O/c1-6-8-21(14-22-11-10-19(4)24(27)15-22)13-20(5)25-16-23(17-29-25)26(30-28)12-9-18(3)7-2/h6,8,10-11,13,15-17,26,29H,2,5,9,12,14,28H2,1,3-4H3/b8-6-,21-13+. The van der Waals surface area contributed by atoms with Crippen molar-refractivity contribution in [3.8, 4) is 0 Å². The zero-order valence-corrected chi connectivity index (χ0v) is 18.1. The predicted molar refractivity (Wildman–Crippen MR) is 123 cm³/mol. The van der Waals surface area contributed by atoms with Crippen LogP contribution in [0.1, 0.15) is 55.2 Å². The maximum atomic E-state index is 13.9. The van der Waals surface area contributed by atoms with E-state index in [1.807, 2.05) is 50.4 Å². The van der Waals surface area contributed by atoms with Gasteiger partial charge in [0.1, 0.15) is 11.9 Å². The van der Waals surface area contributed by atoms with E-state index in [0.29, 0.717) is 12.0 Å². The first kappa shape index (κ1) is 23.4. The molecule has 0 fully saturated rings. The monoisotopic (exact) mass is 406 g/mol. The van der Waals surface area contributed by atoms with Gasteiger partial charge >= 0.3 is 0 Å². The SMILES string of the molecule is C=C=C(C)CCC(ON)c1c[nH]c(C(=C)/C=C(\C=C/C)Cc2ccc(C)c(F)c2)c1. The fourth-order valence-electron chi connectivity index (χ4n) is 3.19. The van der Waals surface area contributed by atoms with Crippen LogP contribution in [0.15, 0.2) is 78.7 Å². The molecule has 2 rings (SSSR count). The largest absolute Gasteiger partial charge is 0.361 e. The fourth-order valence-corrected chi connectivity index (χ4v) is 3.19. The second-order valence-corrected chi connectivity index (χ2v) is 7.47. The van der Waals surface area contributed by atoms with Gasteiger partial charge in [-0.2, -0.15) is 0 Å². The molecule has 0 amide bonds. The molecule has 2 aromatic rings. The highest BCUT2D eigenvalue weighted by Gasteiger charge is 2.14. The molecule has 30 heavy (non-hydrogen) atoms. The lowest BCUT2D eigenvalue weighted by Gasteiger charge is -2.12. The van der Waals surface area contributed by atoms with Gasteiger partial charge in [0.05, 0.1) is 0 Å². The van der Waals surface area contributed by atoms with Crippen LogP contribution >= 0.6 is 0 Å². The highest BCUT2D eigenvalue weighted by molar-refractivity contribution is 5.71. The molecule has 0 saturated heterocycles. The summed E-state index contributed by atoms with van der Waals surface area (Å²) in [6.45, 7) is 13.6. The van der Waals surface area contributed by atoms with Crippen molar-refractivity contribution in [1.82, 2.24) is 4.98 Å². The minimum absolute atomic E-state index is 0.186. The number of nitrogens with two attached hydrogens (primary N) is 1. The van der Waals surface area contributed by atoms with E-state index in [4.69, 9.17) is 10.7 Å². The van der Waals surface area contributed by atoms with Crippen molar-refractivity contribution in [2.24, 2.45) is 5.90 Å². The number of aromatic nitrogens is 1. The van der Waals surface area contributed by atoms with Crippen LogP contribution in [0.25, 0.3) is 5.57 Å². The molecule has 0 bridgehead atoms. The molecule has 0 aliphatic carbocycles. The first-order valence-corrected chi connectivity index (χ1v) is 10.0. The molecule has 1 unspecified atom stereocenters. The van der Waals surface area contributed by atoms with Crippen LogP contribution in [0.3, 0.4) is 0 Å². The lowest BCUT2D eigenvalue weighted by atomic mass is 10.00. The third-order valence-corrected chi connectivity index (χ3v) is 5.06. The summed E-state index contributed by atoms with van der Waals surface area (Å²) in [5.41, 5.74) is 9.26. The van der Waals surface area contributed by atoms with Gasteiger partial charge in [-0.05, 0) is 86.1 Å². The summed E-state index contributed by atoms with van der Waals surface area (Å²) in [5.74, 6) is 5.33. The highest BCUT2D eigenvalue weighted by atomic mass is 19.1. The Morgan fingerprint density at radius 1 is 1.37 bits per heavy atom. The maximum Gasteiger partial charge on any atom is 0.126 e. The van der Waals surface area contributed by atoms with Crippen molar-refractivity contribution in [1.29, 1.82) is 0 Å². The zero-order chi connectivity index (χ0) is 22.1. The third-order valence-electron chi connectivity index (χ3n) is 5.06. The second-order valence-electron chi connectivity index (χ2n) is 7.47. The normalized spacial score (nSPS) is 12.8. The van der Waals surface area contributed by atoms with E-state index in [9.17, 15) is 4.39 Å². The average molecular weight is 407 g/mol. The van der Waals surface area contributed by atoms with E-state index in [-0.39, 0.29) is 11.9 Å². The Hall–Kier alpha value is -2.91. The van der Waals surface area contributed by atoms with Gasteiger partial charge in [-0.25, -0.2) is 10.3 Å². The molecule has 1 atom stereocenters. The zero-order valence-electron chi connectivity index (χ0n) is 18.1. The molecule has 1 heterocycles. The van der Waals surface area contributed by atoms with E-state index in [2.05, 4.69) is 23.9 Å². The van der Waals surface area contributed by atoms with Crippen LogP contribution in [0, 0.1) is 12.7 Å². The number of benzene rings is 1. The number of hydrogen-bond donors (Lipinski definition) is 2. The topological polar surface area (TPSA) is 51.0 Å². The number of allylic oxidation sites excluding steroid dienone is 6. The number of aryl methyl sites for hydroxylation is 1. The van der Waals surface area contributed by atoms with Crippen molar-refractivity contribution in [3.63, 3.8) is 0 Å². The van der Waals surface area contributed by atoms with E-state index in [0.717, 1.165) is 46.4 Å². The molecular weight excluding hydrogens is 375 g/mol. The lowest BCUT2D eigenvalue weighted by Crippen LogP contribution is -2.08. The van der Waals surface area contributed by atoms with Crippen LogP contribution in [0.5, 0.6) is 0 Å². The van der Waals surface area contributed by atoms with E-state index in [1.54, 1.807) is 19.1 Å². The van der Waals surface area contributed by atoms with Crippen LogP contribution in [-0.4, -0.2) is 4.98 Å². The van der Waals surface area contributed by atoms with Gasteiger partial charge in [0, 0.05) is 17.5 Å². The number of nitrogens with one attached hydrogen (secondary N) is 1. The van der Waals surface area contributed by atoms with Gasteiger partial charge in [-0.1, -0.05) is 37.4 Å². The molecule has 0 aliphatic rings. The van der Waals surface area contributed by atoms with Crippen LogP contribution in [0.2, 0.25) is 0 Å². The number of H-pyrrole nitrogens is 1. The summed E-state index contributed by atoms with van der Waals surface area (Å²) in [7, 11) is 0. The van der Waals surface area contributed by atoms with E-state index < -0.39 is 0 Å². The van der Waals surface area contributed by atoms with Gasteiger partial charge in [0.25, 0.3) is 0 Å². The van der Waals surface area contributed by atoms with Gasteiger partial charge < -0.3 is 4.98 Å². The molecular formula is C26H31FN2O. The number of aromatic amines is 1. The molecule has 158 valence electrons. The van der Waals surface area contributed by atoms with Gasteiger partial charge in [0.2, 0.25) is 0 Å². The first-order chi connectivity index (χ1) is 14.4. The Morgan fingerprint density at radius 3 is 2.77 bits per heavy atom. The molecule has 3 N–H and O–H groups in total. The molecule has 0 radical (unpaired) electrons. The number of hydrogen-bond acceptors (Lipinski definition) is 2. The summed E-state index contributed by atoms with van der Waals surface area (Å²) >= 11 is 0. The van der Waals surface area contributed by atoms with Crippen LogP contribution in [0.4, 0.5) is 4.39 Å². The Morgan fingerprint density at radius 2 is 2.13 bits per heavy atom. The van der Waals surface area contributed by atoms with Gasteiger partial charge in [-0.15, -0.1) is 5.73 Å². The first-order valence-electron chi connectivity index (χ1n) is 10.0. The maximum absolute atomic E-state index is 13.9. The summed E-state index contributed by atoms with van der Waals surface area (Å²) in [6, 6.07) is 7.35. The van der Waals surface area contributed by atoms with E-state index in [1.165, 1.54) is 0 Å². The quantitative estimate of drug-likeness (QED) is 0.263. The Balaban J connectivity index is 2.17. The van der Waals surface area contributed by atoms with E-state index >= 15 is 0 Å². The number of rotatable bonds is 10. The van der Waals surface area contributed by atoms with Crippen molar-refractivity contribution < 1.29 is 9.23 Å². The molecule has 0 spiro atoms. The summed E-state index contributed by atoms with van der Waals surface area (Å²) in [4.78, 5) is 8.42. The Bertz CT molecular complexity index is 990. The average Bonchev–Trinajstić information content (AvgIpc) is 3.21. The summed E-state index contributed by atoms with van der Waals surface area (Å²) < 4.78 is 13.9. The van der Waals surface area contributed by atoms with Crippen molar-refractivity contribution in [2.45, 2.75) is 46.1 Å². The summed E-state index contributed by atoms with van der Waals surface area (Å²) in [5, 5.41) is 0. The van der Waals surface area contributed by atoms with Crippen molar-refractivity contribution in [2.75, 3.05) is 0 Å². The molecule has 1 aromatic carbocycles. The minimum Gasteiger partial charge on any atom is -0.361 e. The van der Waals surface area contributed by atoms with Gasteiger partial charge in [0.15, 0.2) is 0 Å². The van der Waals surface area contributed by atoms with Crippen LogP contribution < -0.4 is 5.90 Å². The lowest BCUT2D eigenvalue weighted by molar-refractivity contribution is 0.0468. The molecule has 1 aromatic heterocycles. The van der Waals surface area contributed by atoms with Gasteiger partial charge in [-0.3, -0.25) is 4.84 Å². The smallest absolute Gasteiger partial charge is 0.126 e. The number of halogens is 1. The molecule has 4 heteroatoms. The fraction of sp³-hybridized carbons (Fsp3) is 0.269. The second kappa shape index (κ2) is 11.3. The van der Waals surface area contributed by atoms with Crippen LogP contribution in [-0.2, 0) is 11.3 Å². The Labute approximate surface area is 179 Å². The minimum atomic E-state index is -0.222. The highest BCUT2D eigenvalue weighted by Crippen LogP contribution is 2.27. The Kier molecular flexibility index (Phi) is 8.82. The summed E-state index contributed by atoms with van der Waals surface area (Å²) in [6.07, 6.45) is 9.84. The molecule has 0 saturated carbocycles. The molecule has 3 nitrogen and oxygen atoms in total. The third kappa shape index (κ3) is 6.57. The van der Waals surface area contributed by atoms with Crippen molar-refractivity contribution in [3.05, 3.63) is 107 Å².